The molecule has 0 unspecified atom stereocenters. The van der Waals surface area contributed by atoms with Gasteiger partial charge in [-0.3, -0.25) is 9.78 Å². The third-order valence-electron chi connectivity index (χ3n) is 2.62. The Morgan fingerprint density at radius 1 is 1.22 bits per heavy atom. The molecule has 1 aromatic heterocycles. The molecule has 0 bridgehead atoms. The average molecular weight is 247 g/mol. The summed E-state index contributed by atoms with van der Waals surface area (Å²) in [4.78, 5) is 15.9. The second kappa shape index (κ2) is 5.04. The molecule has 0 aliphatic rings. The summed E-state index contributed by atoms with van der Waals surface area (Å²) in [6, 6.07) is 6.97. The van der Waals surface area contributed by atoms with Crippen LogP contribution in [-0.2, 0) is 6.42 Å². The lowest BCUT2D eigenvalue weighted by atomic mass is 10.0. The third-order valence-corrected chi connectivity index (χ3v) is 2.62. The molecule has 0 amide bonds. The molecule has 1 heterocycles. The van der Waals surface area contributed by atoms with Crippen molar-refractivity contribution >= 4 is 5.78 Å². The summed E-state index contributed by atoms with van der Waals surface area (Å²) in [7, 11) is 0. The molecule has 0 spiro atoms. The number of nitrogens with zero attached hydrogens (tertiary/aromatic N) is 1. The Bertz CT molecular complexity index is 596. The molecule has 0 aliphatic carbocycles. The van der Waals surface area contributed by atoms with Crippen molar-refractivity contribution in [3.8, 4) is 0 Å². The summed E-state index contributed by atoms with van der Waals surface area (Å²) in [6.07, 6.45) is 1.54. The fourth-order valence-corrected chi connectivity index (χ4v) is 1.70. The van der Waals surface area contributed by atoms with Gasteiger partial charge in [-0.05, 0) is 36.2 Å². The Morgan fingerprint density at radius 3 is 2.67 bits per heavy atom. The molecule has 0 saturated heterocycles. The van der Waals surface area contributed by atoms with Crippen molar-refractivity contribution in [2.45, 2.75) is 13.3 Å². The summed E-state index contributed by atoms with van der Waals surface area (Å²) in [5.41, 5.74) is 1.57. The van der Waals surface area contributed by atoms with Crippen LogP contribution < -0.4 is 0 Å². The van der Waals surface area contributed by atoms with Gasteiger partial charge >= 0.3 is 0 Å². The van der Waals surface area contributed by atoms with E-state index >= 15 is 0 Å². The molecular weight excluding hydrogens is 236 g/mol. The fourth-order valence-electron chi connectivity index (χ4n) is 1.70. The maximum absolute atomic E-state index is 13.0. The minimum Gasteiger partial charge on any atom is -0.292 e. The molecule has 2 aromatic rings. The van der Waals surface area contributed by atoms with Crippen LogP contribution in [0.4, 0.5) is 8.78 Å². The van der Waals surface area contributed by atoms with E-state index in [0.29, 0.717) is 11.3 Å². The second-order valence-corrected chi connectivity index (χ2v) is 4.02. The second-order valence-electron chi connectivity index (χ2n) is 4.02. The van der Waals surface area contributed by atoms with Crippen molar-refractivity contribution in [2.75, 3.05) is 0 Å². The first-order valence-corrected chi connectivity index (χ1v) is 5.46. The van der Waals surface area contributed by atoms with Gasteiger partial charge < -0.3 is 0 Å². The Balaban J connectivity index is 2.22. The zero-order valence-electron chi connectivity index (χ0n) is 9.78. The van der Waals surface area contributed by atoms with Crippen LogP contribution in [0.5, 0.6) is 0 Å². The maximum atomic E-state index is 13.0. The van der Waals surface area contributed by atoms with E-state index in [2.05, 4.69) is 4.98 Å². The first-order chi connectivity index (χ1) is 8.58. The number of benzene rings is 1. The number of carbonyl (C=O) groups is 1. The van der Waals surface area contributed by atoms with E-state index in [-0.39, 0.29) is 12.2 Å². The molecule has 0 N–H and O–H groups in total. The number of carbonyl (C=O) groups excluding carboxylic acids is 1. The van der Waals surface area contributed by atoms with Crippen molar-refractivity contribution in [1.82, 2.24) is 4.98 Å². The topological polar surface area (TPSA) is 30.0 Å². The molecule has 0 aliphatic heterocycles. The number of aromatic nitrogens is 1. The van der Waals surface area contributed by atoms with Crippen LogP contribution in [0, 0.1) is 18.6 Å². The van der Waals surface area contributed by atoms with Crippen LogP contribution in [0.3, 0.4) is 0 Å². The number of pyridine rings is 1. The molecule has 0 radical (unpaired) electrons. The van der Waals surface area contributed by atoms with Crippen molar-refractivity contribution in [2.24, 2.45) is 0 Å². The highest BCUT2D eigenvalue weighted by molar-refractivity contribution is 5.96. The van der Waals surface area contributed by atoms with Gasteiger partial charge in [0.1, 0.15) is 5.69 Å². The molecular formula is C14H11F2NO. The van der Waals surface area contributed by atoms with Gasteiger partial charge in [0.15, 0.2) is 17.4 Å². The van der Waals surface area contributed by atoms with Gasteiger partial charge in [0, 0.05) is 12.6 Å². The quantitative estimate of drug-likeness (QED) is 0.780. The molecule has 4 heteroatoms. The smallest absolute Gasteiger partial charge is 0.185 e. The number of halogens is 2. The number of rotatable bonds is 3. The zero-order chi connectivity index (χ0) is 13.1. The van der Waals surface area contributed by atoms with Crippen LogP contribution in [0.1, 0.15) is 21.6 Å². The van der Waals surface area contributed by atoms with E-state index in [9.17, 15) is 13.6 Å². The minimum atomic E-state index is -0.946. The van der Waals surface area contributed by atoms with Crippen molar-refractivity contribution in [3.63, 3.8) is 0 Å². The first-order valence-electron chi connectivity index (χ1n) is 5.46. The van der Waals surface area contributed by atoms with Gasteiger partial charge in [-0.25, -0.2) is 8.78 Å². The maximum Gasteiger partial charge on any atom is 0.185 e. The summed E-state index contributed by atoms with van der Waals surface area (Å²) >= 11 is 0. The monoisotopic (exact) mass is 247 g/mol. The Kier molecular flexibility index (Phi) is 3.46. The van der Waals surface area contributed by atoms with Gasteiger partial charge in [0.2, 0.25) is 0 Å². The predicted molar refractivity (Wildman–Crippen MR) is 63.4 cm³/mol. The van der Waals surface area contributed by atoms with Crippen molar-refractivity contribution < 1.29 is 13.6 Å². The molecule has 92 valence electrons. The van der Waals surface area contributed by atoms with E-state index in [1.807, 2.05) is 0 Å². The Labute approximate surface area is 103 Å². The normalized spacial score (nSPS) is 10.4. The van der Waals surface area contributed by atoms with Gasteiger partial charge in [-0.1, -0.05) is 12.1 Å². The lowest BCUT2D eigenvalue weighted by Gasteiger charge is -2.04. The van der Waals surface area contributed by atoms with E-state index in [1.54, 1.807) is 19.1 Å². The third kappa shape index (κ3) is 2.59. The number of aryl methyl sites for hydroxylation is 1. The minimum absolute atomic E-state index is 0.00898. The van der Waals surface area contributed by atoms with E-state index in [4.69, 9.17) is 0 Å². The van der Waals surface area contributed by atoms with E-state index < -0.39 is 11.6 Å². The van der Waals surface area contributed by atoms with Crippen LogP contribution in [0.2, 0.25) is 0 Å². The summed E-state index contributed by atoms with van der Waals surface area (Å²) in [6.45, 7) is 1.78. The molecule has 2 nitrogen and oxygen atoms in total. The molecule has 0 saturated carbocycles. The predicted octanol–water partition coefficient (Wildman–Crippen LogP) is 3.09. The fraction of sp³-hybridized carbons (Fsp3) is 0.143. The SMILES string of the molecule is Cc1cccnc1C(=O)Cc1ccc(F)c(F)c1. The zero-order valence-corrected chi connectivity index (χ0v) is 9.78. The van der Waals surface area contributed by atoms with Crippen LogP contribution in [-0.4, -0.2) is 10.8 Å². The number of hydrogen-bond acceptors (Lipinski definition) is 2. The van der Waals surface area contributed by atoms with Gasteiger partial charge in [-0.15, -0.1) is 0 Å². The Morgan fingerprint density at radius 2 is 2.00 bits per heavy atom. The van der Waals surface area contributed by atoms with E-state index in [1.165, 1.54) is 12.3 Å². The summed E-state index contributed by atoms with van der Waals surface area (Å²) < 4.78 is 25.8. The van der Waals surface area contributed by atoms with Crippen LogP contribution in [0.15, 0.2) is 36.5 Å². The summed E-state index contributed by atoms with van der Waals surface area (Å²) in [5.74, 6) is -2.07. The van der Waals surface area contributed by atoms with Gasteiger partial charge in [0.25, 0.3) is 0 Å². The average Bonchev–Trinajstić information content (AvgIpc) is 2.34. The lowest BCUT2D eigenvalue weighted by Crippen LogP contribution is -2.08. The van der Waals surface area contributed by atoms with Crippen LogP contribution in [0.25, 0.3) is 0 Å². The lowest BCUT2D eigenvalue weighted by molar-refractivity contribution is 0.0987. The highest BCUT2D eigenvalue weighted by Gasteiger charge is 2.12. The first kappa shape index (κ1) is 12.4. The van der Waals surface area contributed by atoms with E-state index in [0.717, 1.165) is 17.7 Å². The van der Waals surface area contributed by atoms with Crippen LogP contribution >= 0.6 is 0 Å². The molecule has 2 rings (SSSR count). The van der Waals surface area contributed by atoms with Crippen molar-refractivity contribution in [3.05, 3.63) is 65.0 Å². The van der Waals surface area contributed by atoms with Gasteiger partial charge in [-0.2, -0.15) is 0 Å². The largest absolute Gasteiger partial charge is 0.292 e. The molecule has 18 heavy (non-hydrogen) atoms. The molecule has 0 fully saturated rings. The number of ketones is 1. The highest BCUT2D eigenvalue weighted by Crippen LogP contribution is 2.12. The standard InChI is InChI=1S/C14H11F2NO/c1-9-3-2-6-17-14(9)13(18)8-10-4-5-11(15)12(16)7-10/h2-7H,8H2,1H3. The highest BCUT2D eigenvalue weighted by atomic mass is 19.2. The Hall–Kier alpha value is -2.10. The van der Waals surface area contributed by atoms with Gasteiger partial charge in [0.05, 0.1) is 0 Å². The molecule has 0 atom stereocenters. The number of hydrogen-bond donors (Lipinski definition) is 0. The van der Waals surface area contributed by atoms with Crippen molar-refractivity contribution in [1.29, 1.82) is 0 Å². The summed E-state index contributed by atoms with van der Waals surface area (Å²) in [5, 5.41) is 0. The number of Topliss-reactive ketones (excluding diaryl/α,β-unsaturated/α-hetero) is 1. The molecule has 1 aromatic carbocycles.